The number of amides is 4. The van der Waals surface area contributed by atoms with Crippen LogP contribution in [0.1, 0.15) is 59.8 Å². The molecule has 0 aromatic heterocycles. The van der Waals surface area contributed by atoms with Crippen LogP contribution >= 0.6 is 0 Å². The lowest BCUT2D eigenvalue weighted by Crippen LogP contribution is -2.59. The number of rotatable bonds is 16. The third-order valence-electron chi connectivity index (χ3n) is 5.41. The third-order valence-corrected chi connectivity index (χ3v) is 5.41. The molecule has 0 aliphatic carbocycles. The zero-order valence-corrected chi connectivity index (χ0v) is 19.9. The van der Waals surface area contributed by atoms with Gasteiger partial charge in [0.05, 0.1) is 12.5 Å². The molecule has 0 spiro atoms. The highest BCUT2D eigenvalue weighted by Crippen LogP contribution is 2.09. The SMILES string of the molecule is CCC(C)C(N)C(=O)NC(CC(N)=O)C(=O)NC(C(=O)NC(CCCCN)C(=O)O)C(C)C. The van der Waals surface area contributed by atoms with Gasteiger partial charge in [0.25, 0.3) is 0 Å². The molecule has 33 heavy (non-hydrogen) atoms. The van der Waals surface area contributed by atoms with Crippen molar-refractivity contribution in [2.75, 3.05) is 6.54 Å². The van der Waals surface area contributed by atoms with Crippen LogP contribution in [0.2, 0.25) is 0 Å². The van der Waals surface area contributed by atoms with Crippen molar-refractivity contribution in [1.82, 2.24) is 16.0 Å². The van der Waals surface area contributed by atoms with E-state index in [0.717, 1.165) is 0 Å². The second-order valence-electron chi connectivity index (χ2n) is 8.56. The van der Waals surface area contributed by atoms with Crippen LogP contribution < -0.4 is 33.2 Å². The monoisotopic (exact) mass is 472 g/mol. The van der Waals surface area contributed by atoms with E-state index in [2.05, 4.69) is 16.0 Å². The summed E-state index contributed by atoms with van der Waals surface area (Å²) in [6, 6.07) is -4.48. The fourth-order valence-corrected chi connectivity index (χ4v) is 2.99. The zero-order valence-electron chi connectivity index (χ0n) is 19.9. The predicted octanol–water partition coefficient (Wildman–Crippen LogP) is -1.44. The first kappa shape index (κ1) is 30.3. The fraction of sp³-hybridized carbons (Fsp3) is 0.762. The standard InChI is InChI=1S/C21H40N6O6/c1-5-12(4)16(24)19(30)26-14(10-15(23)28)18(29)27-17(11(2)3)20(31)25-13(21(32)33)8-6-7-9-22/h11-14,16-17H,5-10,22,24H2,1-4H3,(H2,23,28)(H,25,31)(H,26,30)(H,27,29)(H,32,33). The van der Waals surface area contributed by atoms with Crippen molar-refractivity contribution in [3.05, 3.63) is 0 Å². The van der Waals surface area contributed by atoms with Gasteiger partial charge in [-0.3, -0.25) is 19.2 Å². The van der Waals surface area contributed by atoms with Gasteiger partial charge >= 0.3 is 5.97 Å². The molecule has 0 fully saturated rings. The van der Waals surface area contributed by atoms with Gasteiger partial charge in [-0.05, 0) is 37.6 Å². The molecular weight excluding hydrogens is 432 g/mol. The first-order valence-corrected chi connectivity index (χ1v) is 11.2. The molecule has 190 valence electrons. The van der Waals surface area contributed by atoms with Crippen LogP contribution in [0.5, 0.6) is 0 Å². The maximum absolute atomic E-state index is 12.8. The van der Waals surface area contributed by atoms with Gasteiger partial charge in [-0.2, -0.15) is 0 Å². The van der Waals surface area contributed by atoms with Gasteiger partial charge < -0.3 is 38.3 Å². The van der Waals surface area contributed by atoms with E-state index in [1.54, 1.807) is 20.8 Å². The van der Waals surface area contributed by atoms with Gasteiger partial charge in [0.2, 0.25) is 23.6 Å². The molecule has 0 saturated carbocycles. The fourth-order valence-electron chi connectivity index (χ4n) is 2.99. The van der Waals surface area contributed by atoms with Crippen LogP contribution in [-0.2, 0) is 24.0 Å². The lowest BCUT2D eigenvalue weighted by atomic mass is 9.98. The second kappa shape index (κ2) is 15.2. The van der Waals surface area contributed by atoms with E-state index in [1.165, 1.54) is 0 Å². The second-order valence-corrected chi connectivity index (χ2v) is 8.56. The summed E-state index contributed by atoms with van der Waals surface area (Å²) >= 11 is 0. The number of nitrogens with two attached hydrogens (primary N) is 3. The maximum atomic E-state index is 12.8. The zero-order chi connectivity index (χ0) is 25.7. The number of unbranched alkanes of at least 4 members (excludes halogenated alkanes) is 1. The Labute approximate surface area is 194 Å². The van der Waals surface area contributed by atoms with E-state index in [-0.39, 0.29) is 12.3 Å². The summed E-state index contributed by atoms with van der Waals surface area (Å²) in [6.45, 7) is 7.36. The van der Waals surface area contributed by atoms with Gasteiger partial charge in [0, 0.05) is 0 Å². The molecular formula is C21H40N6O6. The van der Waals surface area contributed by atoms with Crippen molar-refractivity contribution in [1.29, 1.82) is 0 Å². The number of carboxylic acids is 1. The number of carbonyl (C=O) groups excluding carboxylic acids is 4. The first-order chi connectivity index (χ1) is 15.3. The van der Waals surface area contributed by atoms with Crippen molar-refractivity contribution in [3.8, 4) is 0 Å². The van der Waals surface area contributed by atoms with Crippen LogP contribution in [0, 0.1) is 11.8 Å². The van der Waals surface area contributed by atoms with Gasteiger partial charge in [-0.1, -0.05) is 34.1 Å². The van der Waals surface area contributed by atoms with E-state index in [1.807, 2.05) is 6.92 Å². The molecule has 0 aromatic carbocycles. The Morgan fingerprint density at radius 1 is 0.879 bits per heavy atom. The third kappa shape index (κ3) is 11.1. The number of hydrogen-bond acceptors (Lipinski definition) is 7. The molecule has 0 rings (SSSR count). The molecule has 0 saturated heterocycles. The Morgan fingerprint density at radius 2 is 1.45 bits per heavy atom. The normalized spacial score (nSPS) is 15.6. The molecule has 0 aliphatic heterocycles. The van der Waals surface area contributed by atoms with Crippen LogP contribution in [-0.4, -0.2) is 65.4 Å². The Balaban J connectivity index is 5.42. The average molecular weight is 473 g/mol. The van der Waals surface area contributed by atoms with E-state index in [9.17, 15) is 29.1 Å². The Bertz CT molecular complexity index is 686. The number of carboxylic acid groups (broad SMARTS) is 1. The highest BCUT2D eigenvalue weighted by molar-refractivity contribution is 5.96. The molecule has 12 nitrogen and oxygen atoms in total. The number of hydrogen-bond donors (Lipinski definition) is 7. The summed E-state index contributed by atoms with van der Waals surface area (Å²) in [5.74, 6) is -4.73. The lowest BCUT2D eigenvalue weighted by molar-refractivity contribution is -0.143. The molecule has 5 atom stereocenters. The summed E-state index contributed by atoms with van der Waals surface area (Å²) in [5.41, 5.74) is 16.5. The summed E-state index contributed by atoms with van der Waals surface area (Å²) in [4.78, 5) is 61.0. The molecule has 0 aliphatic rings. The van der Waals surface area contributed by atoms with Gasteiger partial charge in [0.1, 0.15) is 18.1 Å². The lowest BCUT2D eigenvalue weighted by Gasteiger charge is -2.27. The minimum absolute atomic E-state index is 0.163. The van der Waals surface area contributed by atoms with Crippen LogP contribution in [0.25, 0.3) is 0 Å². The van der Waals surface area contributed by atoms with Gasteiger partial charge in [-0.25, -0.2) is 4.79 Å². The molecule has 0 heterocycles. The van der Waals surface area contributed by atoms with E-state index < -0.39 is 66.1 Å². The topological polar surface area (TPSA) is 220 Å². The van der Waals surface area contributed by atoms with Crippen molar-refractivity contribution >= 4 is 29.6 Å². The molecule has 0 radical (unpaired) electrons. The molecule has 0 aromatic rings. The molecule has 5 unspecified atom stereocenters. The smallest absolute Gasteiger partial charge is 0.326 e. The van der Waals surface area contributed by atoms with E-state index in [4.69, 9.17) is 17.2 Å². The number of nitrogens with one attached hydrogen (secondary N) is 3. The first-order valence-electron chi connectivity index (χ1n) is 11.2. The highest BCUT2D eigenvalue weighted by atomic mass is 16.4. The van der Waals surface area contributed by atoms with Crippen LogP contribution in [0.4, 0.5) is 0 Å². The number of primary amides is 1. The average Bonchev–Trinajstić information content (AvgIpc) is 2.74. The van der Waals surface area contributed by atoms with Crippen molar-refractivity contribution in [3.63, 3.8) is 0 Å². The molecule has 12 heteroatoms. The Morgan fingerprint density at radius 3 is 1.91 bits per heavy atom. The maximum Gasteiger partial charge on any atom is 0.326 e. The predicted molar refractivity (Wildman–Crippen MR) is 122 cm³/mol. The summed E-state index contributed by atoms with van der Waals surface area (Å²) in [5, 5.41) is 16.7. The summed E-state index contributed by atoms with van der Waals surface area (Å²) < 4.78 is 0. The van der Waals surface area contributed by atoms with E-state index in [0.29, 0.717) is 25.8 Å². The molecule has 10 N–H and O–H groups in total. The van der Waals surface area contributed by atoms with Crippen molar-refractivity contribution in [2.24, 2.45) is 29.0 Å². The molecule has 4 amide bonds. The van der Waals surface area contributed by atoms with Crippen LogP contribution in [0.15, 0.2) is 0 Å². The van der Waals surface area contributed by atoms with Crippen molar-refractivity contribution < 1.29 is 29.1 Å². The quantitative estimate of drug-likeness (QED) is 0.131. The Hall–Kier alpha value is -2.73. The highest BCUT2D eigenvalue weighted by Gasteiger charge is 2.33. The summed E-state index contributed by atoms with van der Waals surface area (Å²) in [7, 11) is 0. The van der Waals surface area contributed by atoms with Gasteiger partial charge in [-0.15, -0.1) is 0 Å². The largest absolute Gasteiger partial charge is 0.480 e. The van der Waals surface area contributed by atoms with Gasteiger partial charge in [0.15, 0.2) is 0 Å². The number of carbonyl (C=O) groups is 5. The molecule has 0 bridgehead atoms. The number of aliphatic carboxylic acids is 1. The van der Waals surface area contributed by atoms with Crippen molar-refractivity contribution in [2.45, 2.75) is 84.0 Å². The Kier molecular flexibility index (Phi) is 13.9. The van der Waals surface area contributed by atoms with E-state index >= 15 is 0 Å². The minimum atomic E-state index is -1.33. The van der Waals surface area contributed by atoms with Crippen LogP contribution in [0.3, 0.4) is 0 Å². The minimum Gasteiger partial charge on any atom is -0.480 e. The summed E-state index contributed by atoms with van der Waals surface area (Å²) in [6.07, 6.45) is 1.44.